The fourth-order valence-corrected chi connectivity index (χ4v) is 1.79. The van der Waals surface area contributed by atoms with Gasteiger partial charge in [0.2, 0.25) is 0 Å². The maximum Gasteiger partial charge on any atom is 0.409 e. The minimum atomic E-state index is -1.26. The summed E-state index contributed by atoms with van der Waals surface area (Å²) in [6.45, 7) is 2.27. The van der Waals surface area contributed by atoms with Gasteiger partial charge >= 0.3 is 18.0 Å². The van der Waals surface area contributed by atoms with Crippen LogP contribution in [0.15, 0.2) is 12.2 Å². The Kier molecular flexibility index (Phi) is 8.79. The summed E-state index contributed by atoms with van der Waals surface area (Å²) in [6, 6.07) is 0.749. The number of ether oxygens (including phenoxy) is 1. The van der Waals surface area contributed by atoms with Crippen molar-refractivity contribution in [1.82, 2.24) is 10.2 Å². The second-order valence-electron chi connectivity index (χ2n) is 4.36. The summed E-state index contributed by atoms with van der Waals surface area (Å²) in [4.78, 5) is 32.1. The van der Waals surface area contributed by atoms with Crippen LogP contribution in [0.25, 0.3) is 0 Å². The van der Waals surface area contributed by atoms with Gasteiger partial charge < -0.3 is 25.2 Å². The maximum atomic E-state index is 11.3. The van der Waals surface area contributed by atoms with E-state index >= 15 is 0 Å². The highest BCUT2D eigenvalue weighted by atomic mass is 16.6. The fraction of sp³-hybridized carbons (Fsp3) is 0.615. The van der Waals surface area contributed by atoms with Crippen LogP contribution >= 0.6 is 0 Å². The minimum Gasteiger partial charge on any atom is -0.478 e. The van der Waals surface area contributed by atoms with E-state index in [0.29, 0.717) is 30.8 Å². The summed E-state index contributed by atoms with van der Waals surface area (Å²) in [7, 11) is 3.72. The molecule has 2 atom stereocenters. The molecule has 8 heteroatoms. The zero-order valence-electron chi connectivity index (χ0n) is 12.4. The number of carbonyl (C=O) groups is 3. The summed E-state index contributed by atoms with van der Waals surface area (Å²) >= 11 is 0. The van der Waals surface area contributed by atoms with Gasteiger partial charge in [0.05, 0.1) is 12.6 Å². The lowest BCUT2D eigenvalue weighted by molar-refractivity contribution is -0.134. The lowest BCUT2D eigenvalue weighted by Gasteiger charge is -2.41. The van der Waals surface area contributed by atoms with Crippen molar-refractivity contribution >= 4 is 18.0 Å². The second kappa shape index (κ2) is 9.76. The molecule has 1 amide bonds. The molecule has 21 heavy (non-hydrogen) atoms. The summed E-state index contributed by atoms with van der Waals surface area (Å²) in [5, 5.41) is 18.8. The van der Waals surface area contributed by atoms with E-state index in [0.717, 1.165) is 12.8 Å². The largest absolute Gasteiger partial charge is 0.478 e. The van der Waals surface area contributed by atoms with Crippen LogP contribution in [0.3, 0.4) is 0 Å². The first-order chi connectivity index (χ1) is 9.83. The lowest BCUT2D eigenvalue weighted by atomic mass is 9.85. The monoisotopic (exact) mass is 302 g/mol. The molecule has 0 aromatic carbocycles. The van der Waals surface area contributed by atoms with Crippen molar-refractivity contribution in [2.45, 2.75) is 31.8 Å². The van der Waals surface area contributed by atoms with Crippen molar-refractivity contribution in [3.05, 3.63) is 12.2 Å². The van der Waals surface area contributed by atoms with Gasteiger partial charge in [-0.15, -0.1) is 0 Å². The molecular formula is C13H22N2O6. The van der Waals surface area contributed by atoms with Crippen molar-refractivity contribution < 1.29 is 29.3 Å². The molecule has 0 aromatic heterocycles. The maximum absolute atomic E-state index is 11.3. The average molecular weight is 302 g/mol. The second-order valence-corrected chi connectivity index (χ2v) is 4.36. The number of nitrogens with one attached hydrogen (secondary N) is 1. The van der Waals surface area contributed by atoms with Crippen LogP contribution < -0.4 is 5.32 Å². The van der Waals surface area contributed by atoms with Gasteiger partial charge in [-0.1, -0.05) is 0 Å². The van der Waals surface area contributed by atoms with Gasteiger partial charge in [-0.05, 0) is 26.8 Å². The van der Waals surface area contributed by atoms with Crippen molar-refractivity contribution in [2.24, 2.45) is 0 Å². The number of aliphatic carboxylic acids is 2. The van der Waals surface area contributed by atoms with E-state index in [9.17, 15) is 14.4 Å². The number of carboxylic acid groups (broad SMARTS) is 2. The van der Waals surface area contributed by atoms with Gasteiger partial charge in [-0.3, -0.25) is 0 Å². The highest BCUT2D eigenvalue weighted by molar-refractivity contribution is 5.89. The lowest BCUT2D eigenvalue weighted by Crippen LogP contribution is -2.56. The molecule has 2 unspecified atom stereocenters. The minimum absolute atomic E-state index is 0.215. The number of carbonyl (C=O) groups excluding carboxylic acids is 1. The molecule has 0 heterocycles. The number of carboxylic acids is 2. The Hall–Kier alpha value is -2.09. The Morgan fingerprint density at radius 1 is 1.24 bits per heavy atom. The van der Waals surface area contributed by atoms with Crippen LogP contribution in [-0.2, 0) is 14.3 Å². The van der Waals surface area contributed by atoms with E-state index in [1.165, 1.54) is 0 Å². The number of rotatable bonds is 5. The van der Waals surface area contributed by atoms with Gasteiger partial charge in [-0.2, -0.15) is 0 Å². The zero-order chi connectivity index (χ0) is 16.4. The molecule has 1 saturated carbocycles. The van der Waals surface area contributed by atoms with Crippen molar-refractivity contribution in [3.63, 3.8) is 0 Å². The van der Waals surface area contributed by atoms with Gasteiger partial charge in [0.25, 0.3) is 0 Å². The van der Waals surface area contributed by atoms with Crippen molar-refractivity contribution in [3.8, 4) is 0 Å². The standard InChI is InChI=1S/C9H18N2O2.C4H4O4/c1-4-13-9(12)11(3)8-6-5-7(8)10-2;5-3(6)1-2-4(7)8/h7-8,10H,4-6H2,1-3H3;1-2H,(H,5,6)(H,7,8)/b;2-1-. The number of hydrogen-bond acceptors (Lipinski definition) is 5. The van der Waals surface area contributed by atoms with Crippen LogP contribution in [0.1, 0.15) is 19.8 Å². The molecule has 0 aromatic rings. The molecule has 0 radical (unpaired) electrons. The highest BCUT2D eigenvalue weighted by Crippen LogP contribution is 2.24. The molecule has 0 aliphatic heterocycles. The molecule has 1 aliphatic carbocycles. The Morgan fingerprint density at radius 2 is 1.76 bits per heavy atom. The molecule has 1 aliphatic rings. The normalized spacial score (nSPS) is 20.0. The molecule has 0 spiro atoms. The van der Waals surface area contributed by atoms with Crippen molar-refractivity contribution in [1.29, 1.82) is 0 Å². The van der Waals surface area contributed by atoms with Crippen LogP contribution in [0.5, 0.6) is 0 Å². The number of nitrogens with zero attached hydrogens (tertiary/aromatic N) is 1. The quantitative estimate of drug-likeness (QED) is 0.634. The predicted molar refractivity (Wildman–Crippen MR) is 75.1 cm³/mol. The molecular weight excluding hydrogens is 280 g/mol. The number of likely N-dealkylation sites (N-methyl/N-ethyl adjacent to an activating group) is 2. The Bertz CT molecular complexity index is 378. The van der Waals surface area contributed by atoms with E-state index in [1.54, 1.807) is 11.9 Å². The van der Waals surface area contributed by atoms with Crippen LogP contribution in [0, 0.1) is 0 Å². The van der Waals surface area contributed by atoms with Gasteiger partial charge in [0, 0.05) is 25.2 Å². The first-order valence-electron chi connectivity index (χ1n) is 6.54. The SMILES string of the molecule is CCOC(=O)N(C)C1CCC1NC.O=C(O)/C=C\C(=O)O. The molecule has 1 fully saturated rings. The fourth-order valence-electron chi connectivity index (χ4n) is 1.79. The molecule has 8 nitrogen and oxygen atoms in total. The van der Waals surface area contributed by atoms with E-state index in [4.69, 9.17) is 14.9 Å². The molecule has 1 rings (SSSR count). The van der Waals surface area contributed by atoms with E-state index in [2.05, 4.69) is 5.32 Å². The first kappa shape index (κ1) is 18.9. The van der Waals surface area contributed by atoms with Gasteiger partial charge in [-0.25, -0.2) is 14.4 Å². The topological polar surface area (TPSA) is 116 Å². The summed E-state index contributed by atoms with van der Waals surface area (Å²) in [5.41, 5.74) is 0. The summed E-state index contributed by atoms with van der Waals surface area (Å²) < 4.78 is 4.91. The third-order valence-electron chi connectivity index (χ3n) is 3.03. The zero-order valence-corrected chi connectivity index (χ0v) is 12.4. The van der Waals surface area contributed by atoms with Crippen LogP contribution in [-0.4, -0.2) is 65.9 Å². The van der Waals surface area contributed by atoms with E-state index in [1.807, 2.05) is 14.0 Å². The molecule has 0 bridgehead atoms. The van der Waals surface area contributed by atoms with Crippen LogP contribution in [0.2, 0.25) is 0 Å². The van der Waals surface area contributed by atoms with Gasteiger partial charge in [0.15, 0.2) is 0 Å². The Morgan fingerprint density at radius 3 is 2.05 bits per heavy atom. The smallest absolute Gasteiger partial charge is 0.409 e. The predicted octanol–water partition coefficient (Wildman–Crippen LogP) is 0.537. The van der Waals surface area contributed by atoms with E-state index in [-0.39, 0.29) is 6.09 Å². The van der Waals surface area contributed by atoms with E-state index < -0.39 is 11.9 Å². The number of hydrogen-bond donors (Lipinski definition) is 3. The van der Waals surface area contributed by atoms with Crippen molar-refractivity contribution in [2.75, 3.05) is 20.7 Å². The summed E-state index contributed by atoms with van der Waals surface area (Å²) in [6.07, 6.45) is 3.11. The van der Waals surface area contributed by atoms with Crippen LogP contribution in [0.4, 0.5) is 4.79 Å². The molecule has 120 valence electrons. The third-order valence-corrected chi connectivity index (χ3v) is 3.03. The average Bonchev–Trinajstić information content (AvgIpc) is 2.36. The van der Waals surface area contributed by atoms with Gasteiger partial charge in [0.1, 0.15) is 0 Å². The number of amides is 1. The molecule has 3 N–H and O–H groups in total. The third kappa shape index (κ3) is 7.31. The highest BCUT2D eigenvalue weighted by Gasteiger charge is 2.35. The Labute approximate surface area is 123 Å². The molecule has 0 saturated heterocycles. The first-order valence-corrected chi connectivity index (χ1v) is 6.54. The Balaban J connectivity index is 0.000000433. The summed E-state index contributed by atoms with van der Waals surface area (Å²) in [5.74, 6) is -2.51.